The van der Waals surface area contributed by atoms with E-state index in [1.54, 1.807) is 17.7 Å². The number of nitrogens with zero attached hydrogens (tertiary/aromatic N) is 2. The summed E-state index contributed by atoms with van der Waals surface area (Å²) in [5.41, 5.74) is 1.65. The monoisotopic (exact) mass is 453 g/mol. The van der Waals surface area contributed by atoms with Crippen molar-refractivity contribution in [2.75, 3.05) is 19.5 Å². The van der Waals surface area contributed by atoms with Crippen LogP contribution < -0.4 is 10.9 Å². The van der Waals surface area contributed by atoms with Gasteiger partial charge in [-0.15, -0.1) is 0 Å². The summed E-state index contributed by atoms with van der Waals surface area (Å²) in [6.07, 6.45) is 1.55. The molecule has 1 aromatic heterocycles. The van der Waals surface area contributed by atoms with Crippen molar-refractivity contribution >= 4 is 28.6 Å². The maximum Gasteiger partial charge on any atom is 0.262 e. The van der Waals surface area contributed by atoms with Gasteiger partial charge in [0.1, 0.15) is 0 Å². The molecule has 170 valence electrons. The second kappa shape index (κ2) is 11.8. The second-order valence-corrected chi connectivity index (χ2v) is 9.11. The molecule has 32 heavy (non-hydrogen) atoms. The van der Waals surface area contributed by atoms with Crippen LogP contribution in [0.3, 0.4) is 0 Å². The number of nitrogens with one attached hydrogen (secondary N) is 1. The SMILES string of the molecule is COCCCn1c(SCC(=O)NC(CC(C)C)c2ccccc2)nc2ccccc2c1=O. The normalized spacial score (nSPS) is 12.2. The molecule has 0 aliphatic rings. The van der Waals surface area contributed by atoms with Crippen LogP contribution in [0.4, 0.5) is 0 Å². The lowest BCUT2D eigenvalue weighted by atomic mass is 9.97. The number of rotatable bonds is 11. The number of hydrogen-bond donors (Lipinski definition) is 1. The number of aromatic nitrogens is 2. The lowest BCUT2D eigenvalue weighted by molar-refractivity contribution is -0.119. The molecule has 3 aromatic rings. The molecule has 6 nitrogen and oxygen atoms in total. The Hall–Kier alpha value is -2.64. The van der Waals surface area contributed by atoms with Gasteiger partial charge in [-0.3, -0.25) is 14.2 Å². The Bertz CT molecular complexity index is 1080. The number of benzene rings is 2. The molecule has 1 N–H and O–H groups in total. The fourth-order valence-corrected chi connectivity index (χ4v) is 4.46. The number of methoxy groups -OCH3 is 1. The van der Waals surface area contributed by atoms with E-state index in [-0.39, 0.29) is 23.3 Å². The molecule has 1 heterocycles. The zero-order valence-corrected chi connectivity index (χ0v) is 19.7. The molecule has 0 saturated heterocycles. The molecule has 0 radical (unpaired) electrons. The van der Waals surface area contributed by atoms with E-state index in [1.165, 1.54) is 11.8 Å². The number of fused-ring (bicyclic) bond motifs is 1. The van der Waals surface area contributed by atoms with Crippen molar-refractivity contribution in [1.82, 2.24) is 14.9 Å². The van der Waals surface area contributed by atoms with Crippen LogP contribution in [0.15, 0.2) is 64.5 Å². The summed E-state index contributed by atoms with van der Waals surface area (Å²) in [5.74, 6) is 0.563. The van der Waals surface area contributed by atoms with Gasteiger partial charge in [-0.2, -0.15) is 0 Å². The molecule has 0 aliphatic carbocycles. The van der Waals surface area contributed by atoms with Crippen LogP contribution >= 0.6 is 11.8 Å². The topological polar surface area (TPSA) is 73.2 Å². The average molecular weight is 454 g/mol. The minimum atomic E-state index is -0.0865. The highest BCUT2D eigenvalue weighted by atomic mass is 32.2. The maximum atomic E-state index is 13.0. The molecule has 0 bridgehead atoms. The zero-order valence-electron chi connectivity index (χ0n) is 18.9. The quantitative estimate of drug-likeness (QED) is 0.264. The van der Waals surface area contributed by atoms with Crippen molar-refractivity contribution in [2.45, 2.75) is 44.4 Å². The van der Waals surface area contributed by atoms with Gasteiger partial charge in [0.2, 0.25) is 5.91 Å². The molecule has 0 aliphatic heterocycles. The predicted octanol–water partition coefficient (Wildman–Crippen LogP) is 4.43. The minimum Gasteiger partial charge on any atom is -0.385 e. The molecule has 3 rings (SSSR count). The summed E-state index contributed by atoms with van der Waals surface area (Å²) in [6, 6.07) is 17.3. The van der Waals surface area contributed by atoms with Crippen LogP contribution in [0.1, 0.15) is 38.3 Å². The van der Waals surface area contributed by atoms with Crippen molar-refractivity contribution < 1.29 is 9.53 Å². The molecular formula is C25H31N3O3S. The van der Waals surface area contributed by atoms with E-state index in [9.17, 15) is 9.59 Å². The van der Waals surface area contributed by atoms with E-state index in [4.69, 9.17) is 4.74 Å². The van der Waals surface area contributed by atoms with Crippen LogP contribution in [-0.2, 0) is 16.1 Å². The first-order valence-electron chi connectivity index (χ1n) is 10.9. The first-order valence-corrected chi connectivity index (χ1v) is 11.9. The van der Waals surface area contributed by atoms with Gasteiger partial charge in [0.05, 0.1) is 22.7 Å². The molecule has 1 unspecified atom stereocenters. The Labute approximate surface area is 193 Å². The first kappa shape index (κ1) is 24.0. The predicted molar refractivity (Wildman–Crippen MR) is 130 cm³/mol. The highest BCUT2D eigenvalue weighted by Crippen LogP contribution is 2.22. The summed E-state index contributed by atoms with van der Waals surface area (Å²) in [7, 11) is 1.64. The van der Waals surface area contributed by atoms with E-state index in [0.29, 0.717) is 41.5 Å². The number of ether oxygens (including phenoxy) is 1. The third kappa shape index (κ3) is 6.43. The van der Waals surface area contributed by atoms with Gasteiger partial charge in [0, 0.05) is 20.3 Å². The molecule has 0 saturated carbocycles. The maximum absolute atomic E-state index is 13.0. The number of carbonyl (C=O) groups excluding carboxylic acids is 1. The number of para-hydroxylation sites is 1. The fourth-order valence-electron chi connectivity index (χ4n) is 3.62. The summed E-state index contributed by atoms with van der Waals surface area (Å²) >= 11 is 1.30. The standard InChI is InChI=1S/C25H31N3O3S/c1-18(2)16-22(19-10-5-4-6-11-19)26-23(29)17-32-25-27-21-13-8-7-12-20(21)24(30)28(25)14-9-15-31-3/h4-8,10-13,18,22H,9,14-17H2,1-3H3,(H,26,29). The second-order valence-electron chi connectivity index (χ2n) is 8.16. The van der Waals surface area contributed by atoms with E-state index >= 15 is 0 Å². The van der Waals surface area contributed by atoms with Crippen molar-refractivity contribution in [3.63, 3.8) is 0 Å². The van der Waals surface area contributed by atoms with E-state index in [0.717, 1.165) is 12.0 Å². The number of amides is 1. The van der Waals surface area contributed by atoms with Gasteiger partial charge in [-0.05, 0) is 36.5 Å². The Morgan fingerprint density at radius 2 is 1.84 bits per heavy atom. The molecular weight excluding hydrogens is 422 g/mol. The van der Waals surface area contributed by atoms with Crippen LogP contribution in [-0.4, -0.2) is 34.9 Å². The Kier molecular flexibility index (Phi) is 8.88. The smallest absolute Gasteiger partial charge is 0.262 e. The van der Waals surface area contributed by atoms with Crippen LogP contribution in [0, 0.1) is 5.92 Å². The molecule has 0 spiro atoms. The summed E-state index contributed by atoms with van der Waals surface area (Å²) in [6.45, 7) is 5.34. The van der Waals surface area contributed by atoms with Gasteiger partial charge >= 0.3 is 0 Å². The zero-order chi connectivity index (χ0) is 22.9. The largest absolute Gasteiger partial charge is 0.385 e. The Morgan fingerprint density at radius 1 is 1.12 bits per heavy atom. The fraction of sp³-hybridized carbons (Fsp3) is 0.400. The van der Waals surface area contributed by atoms with E-state index in [1.807, 2.05) is 48.5 Å². The van der Waals surface area contributed by atoms with Gasteiger partial charge in [0.15, 0.2) is 5.16 Å². The molecule has 1 amide bonds. The lowest BCUT2D eigenvalue weighted by Gasteiger charge is -2.21. The first-order chi connectivity index (χ1) is 15.5. The molecule has 2 aromatic carbocycles. The molecule has 0 fully saturated rings. The Morgan fingerprint density at radius 3 is 2.56 bits per heavy atom. The van der Waals surface area contributed by atoms with Gasteiger partial charge in [-0.25, -0.2) is 4.98 Å². The van der Waals surface area contributed by atoms with Crippen molar-refractivity contribution in [3.8, 4) is 0 Å². The van der Waals surface area contributed by atoms with Gasteiger partial charge in [0.25, 0.3) is 5.56 Å². The molecule has 7 heteroatoms. The average Bonchev–Trinajstić information content (AvgIpc) is 2.79. The minimum absolute atomic E-state index is 0.0437. The highest BCUT2D eigenvalue weighted by molar-refractivity contribution is 7.99. The van der Waals surface area contributed by atoms with E-state index in [2.05, 4.69) is 24.1 Å². The highest BCUT2D eigenvalue weighted by Gasteiger charge is 2.18. The summed E-state index contributed by atoms with van der Waals surface area (Å²) in [5, 5.41) is 4.30. The van der Waals surface area contributed by atoms with Crippen molar-refractivity contribution in [2.24, 2.45) is 5.92 Å². The third-order valence-electron chi connectivity index (χ3n) is 5.13. The van der Waals surface area contributed by atoms with Gasteiger partial charge in [-0.1, -0.05) is 68.1 Å². The molecule has 1 atom stereocenters. The van der Waals surface area contributed by atoms with Crippen LogP contribution in [0.2, 0.25) is 0 Å². The van der Waals surface area contributed by atoms with Crippen molar-refractivity contribution in [1.29, 1.82) is 0 Å². The van der Waals surface area contributed by atoms with Crippen LogP contribution in [0.25, 0.3) is 10.9 Å². The summed E-state index contributed by atoms with van der Waals surface area (Å²) in [4.78, 5) is 30.6. The number of hydrogen-bond acceptors (Lipinski definition) is 5. The van der Waals surface area contributed by atoms with E-state index < -0.39 is 0 Å². The third-order valence-corrected chi connectivity index (χ3v) is 6.11. The van der Waals surface area contributed by atoms with Crippen molar-refractivity contribution in [3.05, 3.63) is 70.5 Å². The van der Waals surface area contributed by atoms with Crippen LogP contribution in [0.5, 0.6) is 0 Å². The lowest BCUT2D eigenvalue weighted by Crippen LogP contribution is -2.31. The summed E-state index contributed by atoms with van der Waals surface area (Å²) < 4.78 is 6.79. The Balaban J connectivity index is 1.77. The van der Waals surface area contributed by atoms with Gasteiger partial charge < -0.3 is 10.1 Å². The number of thioether (sulfide) groups is 1. The number of carbonyl (C=O) groups is 1.